The van der Waals surface area contributed by atoms with Crippen molar-refractivity contribution < 1.29 is 73.6 Å². The number of rotatable bonds is 8. The Morgan fingerprint density at radius 2 is 1.68 bits per heavy atom. The predicted molar refractivity (Wildman–Crippen MR) is 190 cm³/mol. The van der Waals surface area contributed by atoms with Crippen LogP contribution in [-0.4, -0.2) is 117 Å². The van der Waals surface area contributed by atoms with Crippen LogP contribution in [0, 0.1) is 12.8 Å². The van der Waals surface area contributed by atoms with Gasteiger partial charge in [-0.2, -0.15) is 0 Å². The van der Waals surface area contributed by atoms with Crippen molar-refractivity contribution in [1.82, 2.24) is 5.32 Å². The molecule has 0 unspecified atom stereocenters. The highest BCUT2D eigenvalue weighted by Gasteiger charge is 2.72. The zero-order valence-corrected chi connectivity index (χ0v) is 30.6. The lowest BCUT2D eigenvalue weighted by Gasteiger charge is -2.52. The molecule has 0 spiro atoms. The van der Waals surface area contributed by atoms with Crippen LogP contribution in [0.3, 0.4) is 0 Å². The van der Waals surface area contributed by atoms with Gasteiger partial charge in [0.25, 0.3) is 0 Å². The number of fused-ring (bicyclic) bond motifs is 5. The van der Waals surface area contributed by atoms with Crippen molar-refractivity contribution >= 4 is 29.1 Å². The van der Waals surface area contributed by atoms with Crippen molar-refractivity contribution in [2.75, 3.05) is 20.8 Å². The summed E-state index contributed by atoms with van der Waals surface area (Å²) in [5.74, 6) is -8.85. The van der Waals surface area contributed by atoms with Gasteiger partial charge in [0.05, 0.1) is 47.7 Å². The van der Waals surface area contributed by atoms with Crippen molar-refractivity contribution in [2.45, 2.75) is 68.7 Å². The molecule has 16 nitrogen and oxygen atoms in total. The zero-order chi connectivity index (χ0) is 40.6. The molecular weight excluding hydrogens is 734 g/mol. The van der Waals surface area contributed by atoms with Crippen LogP contribution in [0.4, 0.5) is 0 Å². The van der Waals surface area contributed by atoms with Crippen molar-refractivity contribution in [3.05, 3.63) is 104 Å². The highest BCUT2D eigenvalue weighted by Crippen LogP contribution is 2.56. The summed E-state index contributed by atoms with van der Waals surface area (Å²) in [5, 5.41) is 71.2. The lowest BCUT2D eigenvalue weighted by molar-refractivity contribution is -0.214. The number of allylic oxidation sites excluding steroid dienone is 2. The fourth-order valence-corrected chi connectivity index (χ4v) is 8.59. The van der Waals surface area contributed by atoms with Gasteiger partial charge in [-0.15, -0.1) is 0 Å². The first kappa shape index (κ1) is 38.9. The quantitative estimate of drug-likeness (QED) is 0.157. The molecule has 4 aliphatic rings. The van der Waals surface area contributed by atoms with Gasteiger partial charge in [0.15, 0.2) is 17.0 Å². The molecule has 3 aromatic carbocycles. The Morgan fingerprint density at radius 3 is 2.32 bits per heavy atom. The molecular formula is C40H39NO15. The SMILES string of the molecule is CO[C@@H]1[C@@H](O)[C@@H](CO)[C@@H](NC2=CC(=O)c3c(cc4c(c3O)C(=O)[C@]3(OC)[C@H](O)Cc5cc(C)c(C(=O)OCc6ccccc6)c(O)c5[C@]3(O)C4=O)C2=O)O[C@H]1C. The molecule has 294 valence electrons. The van der Waals surface area contributed by atoms with Crippen LogP contribution >= 0.6 is 0 Å². The Labute approximate surface area is 318 Å². The van der Waals surface area contributed by atoms with E-state index in [2.05, 4.69) is 5.32 Å². The lowest BCUT2D eigenvalue weighted by atomic mass is 9.56. The monoisotopic (exact) mass is 773 g/mol. The number of carbonyl (C=O) groups is 5. The summed E-state index contributed by atoms with van der Waals surface area (Å²) in [6.07, 6.45) is -5.70. The highest BCUT2D eigenvalue weighted by atomic mass is 16.6. The smallest absolute Gasteiger partial charge is 0.342 e. The number of carbonyl (C=O) groups excluding carboxylic acids is 5. The van der Waals surface area contributed by atoms with Crippen LogP contribution < -0.4 is 5.32 Å². The van der Waals surface area contributed by atoms with E-state index in [-0.39, 0.29) is 17.7 Å². The van der Waals surface area contributed by atoms with E-state index >= 15 is 0 Å². The summed E-state index contributed by atoms with van der Waals surface area (Å²) in [6.45, 7) is 2.23. The van der Waals surface area contributed by atoms with Gasteiger partial charge in [0.2, 0.25) is 17.3 Å². The molecule has 1 saturated heterocycles. The second-order valence-electron chi connectivity index (χ2n) is 14.3. The van der Waals surface area contributed by atoms with Crippen LogP contribution in [-0.2, 0) is 37.6 Å². The number of methoxy groups -OCH3 is 2. The molecule has 0 radical (unpaired) electrons. The number of aromatic hydroxyl groups is 2. The summed E-state index contributed by atoms with van der Waals surface area (Å²) in [4.78, 5) is 70.5. The molecule has 7 N–H and O–H groups in total. The van der Waals surface area contributed by atoms with Crippen LogP contribution in [0.1, 0.15) is 81.0 Å². The van der Waals surface area contributed by atoms with Crippen molar-refractivity contribution in [2.24, 2.45) is 5.92 Å². The van der Waals surface area contributed by atoms with Gasteiger partial charge in [-0.25, -0.2) is 4.79 Å². The number of Topliss-reactive ketones (excluding diaryl/α,β-unsaturated/α-hetero) is 3. The molecule has 16 heteroatoms. The molecule has 3 aliphatic carbocycles. The number of aryl methyl sites for hydroxylation is 1. The molecule has 1 fully saturated rings. The molecule has 0 aromatic heterocycles. The second-order valence-corrected chi connectivity index (χ2v) is 14.3. The van der Waals surface area contributed by atoms with E-state index in [4.69, 9.17) is 18.9 Å². The maximum Gasteiger partial charge on any atom is 0.342 e. The van der Waals surface area contributed by atoms with Crippen molar-refractivity contribution in [3.63, 3.8) is 0 Å². The first-order valence-electron chi connectivity index (χ1n) is 17.6. The minimum absolute atomic E-state index is 0.0206. The molecule has 56 heavy (non-hydrogen) atoms. The minimum Gasteiger partial charge on any atom is -0.507 e. The summed E-state index contributed by atoms with van der Waals surface area (Å²) in [6, 6.07) is 10.8. The van der Waals surface area contributed by atoms with E-state index in [0.717, 1.165) is 19.3 Å². The molecule has 8 atom stereocenters. The van der Waals surface area contributed by atoms with E-state index in [1.54, 1.807) is 37.3 Å². The van der Waals surface area contributed by atoms with Crippen molar-refractivity contribution in [1.29, 1.82) is 0 Å². The summed E-state index contributed by atoms with van der Waals surface area (Å²) < 4.78 is 22.1. The van der Waals surface area contributed by atoms with Gasteiger partial charge in [-0.3, -0.25) is 19.2 Å². The standard InChI is InChI=1S/C40H39NO15/c1-16-10-19-11-25(44)40(54-4)36(50)28-21(35(49)39(40,52)29(19)33(48)26(16)38(51)55-15-18-8-6-5-7-9-18)12-20-27(32(28)47)24(43)13-23(30(20)45)41-37-22(14-42)31(46)34(53-3)17(2)56-37/h5-10,12-13,17,22,25,31,34,37,41-42,44,46-48,52H,11,14-15H2,1-4H3/t17-,22+,25+,31-,34-,37-,39-,40+/m0/s1. The average molecular weight is 774 g/mol. The number of benzene rings is 3. The number of aliphatic hydroxyl groups is 4. The third-order valence-corrected chi connectivity index (χ3v) is 11.3. The number of phenols is 2. The number of hydrogen-bond acceptors (Lipinski definition) is 16. The molecule has 1 heterocycles. The number of ether oxygens (including phenoxy) is 4. The number of phenolic OH excluding ortho intramolecular Hbond substituents is 2. The third-order valence-electron chi connectivity index (χ3n) is 11.3. The Bertz CT molecular complexity index is 2230. The number of esters is 1. The van der Waals surface area contributed by atoms with Crippen LogP contribution in [0.2, 0.25) is 0 Å². The van der Waals surface area contributed by atoms with Crippen LogP contribution in [0.5, 0.6) is 11.5 Å². The summed E-state index contributed by atoms with van der Waals surface area (Å²) >= 11 is 0. The predicted octanol–water partition coefficient (Wildman–Crippen LogP) is 0.914. The van der Waals surface area contributed by atoms with Gasteiger partial charge < -0.3 is 54.9 Å². The maximum atomic E-state index is 14.8. The number of aliphatic hydroxyl groups excluding tert-OH is 3. The van der Waals surface area contributed by atoms with Gasteiger partial charge in [0.1, 0.15) is 36.0 Å². The average Bonchev–Trinajstić information content (AvgIpc) is 3.15. The van der Waals surface area contributed by atoms with Gasteiger partial charge >= 0.3 is 5.97 Å². The Morgan fingerprint density at radius 1 is 0.982 bits per heavy atom. The third kappa shape index (κ3) is 5.36. The topological polar surface area (TPSA) is 256 Å². The van der Waals surface area contributed by atoms with Gasteiger partial charge in [-0.1, -0.05) is 36.4 Å². The van der Waals surface area contributed by atoms with Crippen molar-refractivity contribution in [3.8, 4) is 11.5 Å². The number of nitrogens with one attached hydrogen (secondary N) is 1. The molecule has 0 amide bonds. The molecule has 1 aliphatic heterocycles. The van der Waals surface area contributed by atoms with Gasteiger partial charge in [0, 0.05) is 43.4 Å². The molecule has 7 rings (SSSR count). The lowest BCUT2D eigenvalue weighted by Crippen LogP contribution is -2.73. The fraction of sp³-hybridized carbons (Fsp3) is 0.375. The Balaban J connectivity index is 1.33. The molecule has 0 bridgehead atoms. The van der Waals surface area contributed by atoms with E-state index in [1.807, 2.05) is 0 Å². The molecule has 3 aromatic rings. The summed E-state index contributed by atoms with van der Waals surface area (Å²) in [7, 11) is 2.26. The highest BCUT2D eigenvalue weighted by molar-refractivity contribution is 6.31. The van der Waals surface area contributed by atoms with E-state index in [1.165, 1.54) is 20.1 Å². The zero-order valence-electron chi connectivity index (χ0n) is 30.6. The van der Waals surface area contributed by atoms with Gasteiger partial charge in [-0.05, 0) is 36.6 Å². The normalized spacial score (nSPS) is 29.5. The summed E-state index contributed by atoms with van der Waals surface area (Å²) in [5.41, 5.74) is -9.78. The fourth-order valence-electron chi connectivity index (χ4n) is 8.59. The van der Waals surface area contributed by atoms with E-state index in [9.17, 15) is 54.6 Å². The second kappa shape index (κ2) is 14.0. The Hall–Kier alpha value is -5.33. The molecule has 0 saturated carbocycles. The van der Waals surface area contributed by atoms with E-state index in [0.29, 0.717) is 5.56 Å². The van der Waals surface area contributed by atoms with E-state index < -0.39 is 140 Å². The van der Waals surface area contributed by atoms with Crippen LogP contribution in [0.25, 0.3) is 0 Å². The maximum absolute atomic E-state index is 14.8. The van der Waals surface area contributed by atoms with Crippen LogP contribution in [0.15, 0.2) is 54.2 Å². The number of hydrogen-bond donors (Lipinski definition) is 7. The Kier molecular flexibility index (Phi) is 9.73. The largest absolute Gasteiger partial charge is 0.507 e. The minimum atomic E-state index is -3.28. The first-order chi connectivity index (χ1) is 26.6. The first-order valence-corrected chi connectivity index (χ1v) is 17.6. The number of ketones is 4.